The average Bonchev–Trinajstić information content (AvgIpc) is 2.71. The lowest BCUT2D eigenvalue weighted by atomic mass is 10.1. The third-order valence-corrected chi connectivity index (χ3v) is 4.00. The Morgan fingerprint density at radius 2 is 2.11 bits per heavy atom. The van der Waals surface area contributed by atoms with E-state index < -0.39 is 43.7 Å². The molecule has 144 valence electrons. The molecule has 8 heteroatoms. The number of nitrogens with one attached hydrogen (secondary N) is 1. The molecule has 2 rings (SSSR count). The van der Waals surface area contributed by atoms with E-state index in [9.17, 15) is 9.59 Å². The number of nitrogens with zero attached hydrogens (tertiary/aromatic N) is 1. The van der Waals surface area contributed by atoms with Crippen LogP contribution >= 0.6 is 11.6 Å². The maximum Gasteiger partial charge on any atom is 0.349 e. The first-order valence-electron chi connectivity index (χ1n) is 10.1. The van der Waals surface area contributed by atoms with Crippen molar-refractivity contribution in [2.75, 3.05) is 11.9 Å². The Kier molecular flexibility index (Phi) is 5.77. The molecule has 5 N–H and O–H groups in total. The number of carbonyl (C=O) groups is 2. The highest BCUT2D eigenvalue weighted by Crippen LogP contribution is 2.27. The molecule has 0 saturated carbocycles. The number of aromatic nitrogens is 1. The van der Waals surface area contributed by atoms with Crippen LogP contribution in [0.1, 0.15) is 40.6 Å². The molecule has 0 aliphatic carbocycles. The monoisotopic (exact) mass is 394 g/mol. The summed E-state index contributed by atoms with van der Waals surface area (Å²) in [6, 6.07) is 6.45. The number of nitrogens with two attached hydrogens (primary N) is 2. The summed E-state index contributed by atoms with van der Waals surface area (Å²) in [6.07, 6.45) is -4.20. The van der Waals surface area contributed by atoms with Crippen LogP contribution in [0.5, 0.6) is 0 Å². The summed E-state index contributed by atoms with van der Waals surface area (Å²) in [5, 5.41) is 3.48. The lowest BCUT2D eigenvalue weighted by Crippen LogP contribution is -2.34. The molecule has 0 spiro atoms. The number of esters is 2. The zero-order valence-electron chi connectivity index (χ0n) is 18.7. The van der Waals surface area contributed by atoms with Crippen LogP contribution in [0.4, 0.5) is 11.5 Å². The van der Waals surface area contributed by atoms with E-state index in [2.05, 4.69) is 10.3 Å². The summed E-state index contributed by atoms with van der Waals surface area (Å²) in [5.74, 6) is -2.12. The van der Waals surface area contributed by atoms with Gasteiger partial charge in [-0.3, -0.25) is 0 Å². The molecule has 2 aromatic rings. The highest BCUT2D eigenvalue weighted by Gasteiger charge is 2.22. The fourth-order valence-electron chi connectivity index (χ4n) is 2.10. The molecule has 0 amide bonds. The molecule has 27 heavy (non-hydrogen) atoms. The predicted molar refractivity (Wildman–Crippen MR) is 105 cm³/mol. The largest absolute Gasteiger partial charge is 0.388 e. The molecule has 0 bridgehead atoms. The van der Waals surface area contributed by atoms with Crippen LogP contribution in [0.2, 0.25) is 5.02 Å². The lowest BCUT2D eigenvalue weighted by molar-refractivity contribution is -0.139. The summed E-state index contributed by atoms with van der Waals surface area (Å²) < 4.78 is 35.6. The van der Waals surface area contributed by atoms with Crippen molar-refractivity contribution in [3.05, 3.63) is 52.7 Å². The van der Waals surface area contributed by atoms with Crippen molar-refractivity contribution in [2.24, 2.45) is 11.5 Å². The van der Waals surface area contributed by atoms with Crippen molar-refractivity contribution in [2.45, 2.75) is 32.1 Å². The fraction of sp³-hybridized carbons (Fsp3) is 0.316. The van der Waals surface area contributed by atoms with E-state index >= 15 is 0 Å². The van der Waals surface area contributed by atoms with E-state index in [1.54, 1.807) is 25.1 Å². The van der Waals surface area contributed by atoms with E-state index in [0.29, 0.717) is 10.7 Å². The highest BCUT2D eigenvalue weighted by molar-refractivity contribution is 6.31. The first kappa shape index (κ1) is 15.6. The van der Waals surface area contributed by atoms with E-state index in [-0.39, 0.29) is 11.4 Å². The molecule has 0 fully saturated rings. The van der Waals surface area contributed by atoms with E-state index in [0.717, 1.165) is 5.56 Å². The number of hydrogen-bond acceptors (Lipinski definition) is 7. The van der Waals surface area contributed by atoms with Crippen LogP contribution in [0.25, 0.3) is 0 Å². The number of anilines is 2. The molecule has 1 unspecified atom stereocenters. The molecular formula is C19H23ClN4O3. The van der Waals surface area contributed by atoms with E-state index in [4.69, 9.17) is 33.3 Å². The predicted octanol–water partition coefficient (Wildman–Crippen LogP) is 2.93. The molecule has 0 aliphatic rings. The summed E-state index contributed by atoms with van der Waals surface area (Å²) in [5.41, 5.74) is 12.2. The molecule has 1 atom stereocenters. The minimum Gasteiger partial charge on any atom is -0.388 e. The Bertz CT molecular complexity index is 975. The van der Waals surface area contributed by atoms with Crippen molar-refractivity contribution in [3.8, 4) is 0 Å². The van der Waals surface area contributed by atoms with Gasteiger partial charge in [-0.15, -0.1) is 0 Å². The van der Waals surface area contributed by atoms with Crippen molar-refractivity contribution >= 4 is 35.0 Å². The second-order valence-corrected chi connectivity index (χ2v) is 5.92. The van der Waals surface area contributed by atoms with Crippen LogP contribution in [0.3, 0.4) is 0 Å². The van der Waals surface area contributed by atoms with Gasteiger partial charge < -0.3 is 21.5 Å². The van der Waals surface area contributed by atoms with Gasteiger partial charge in [0.05, 0.1) is 0 Å². The zero-order chi connectivity index (χ0) is 23.4. The molecular weight excluding hydrogens is 368 g/mol. The van der Waals surface area contributed by atoms with Crippen molar-refractivity contribution in [1.82, 2.24) is 4.98 Å². The topological polar surface area (TPSA) is 120 Å². The summed E-state index contributed by atoms with van der Waals surface area (Å²) in [6.45, 7) is 1.18. The molecule has 7 nitrogen and oxygen atoms in total. The van der Waals surface area contributed by atoms with Crippen LogP contribution in [0.15, 0.2) is 36.5 Å². The first-order chi connectivity index (χ1) is 14.4. The summed E-state index contributed by atoms with van der Waals surface area (Å²) in [7, 11) is 0. The van der Waals surface area contributed by atoms with Crippen LogP contribution in [-0.4, -0.2) is 29.5 Å². The molecule has 1 aromatic carbocycles. The van der Waals surface area contributed by atoms with Gasteiger partial charge in [0.15, 0.2) is 0 Å². The Labute approximate surface area is 168 Å². The van der Waals surface area contributed by atoms with Gasteiger partial charge >= 0.3 is 11.9 Å². The number of ether oxygens (including phenoxy) is 1. The lowest BCUT2D eigenvalue weighted by Gasteiger charge is -2.14. The number of rotatable bonds is 8. The third kappa shape index (κ3) is 5.75. The molecule has 0 aliphatic heterocycles. The second kappa shape index (κ2) is 10.0. The normalized spacial score (nSPS) is 15.0. The summed E-state index contributed by atoms with van der Waals surface area (Å²) in [4.78, 5) is 28.9. The van der Waals surface area contributed by atoms with E-state index in [1.807, 2.05) is 0 Å². The minimum absolute atomic E-state index is 0.0530. The second-order valence-electron chi connectivity index (χ2n) is 5.51. The van der Waals surface area contributed by atoms with Crippen molar-refractivity contribution < 1.29 is 19.8 Å². The quantitative estimate of drug-likeness (QED) is 0.465. The van der Waals surface area contributed by atoms with Crippen molar-refractivity contribution in [1.29, 1.82) is 0 Å². The zero-order valence-corrected chi connectivity index (χ0v) is 15.4. The molecule has 1 heterocycles. The SMILES string of the molecule is [2H]C([2H])(CN)C([2H])([2H])CC(N)C(=O)OC(=O)c1cccnc1Nc1cccc(Cl)c1C. The third-order valence-electron chi connectivity index (χ3n) is 3.59. The van der Waals surface area contributed by atoms with Gasteiger partial charge in [-0.1, -0.05) is 24.0 Å². The van der Waals surface area contributed by atoms with Gasteiger partial charge in [-0.2, -0.15) is 0 Å². The minimum atomic E-state index is -2.51. The van der Waals surface area contributed by atoms with Gasteiger partial charge in [-0.05, 0) is 56.1 Å². The smallest absolute Gasteiger partial charge is 0.349 e. The number of pyridine rings is 1. The number of hydrogen-bond donors (Lipinski definition) is 3. The van der Waals surface area contributed by atoms with Crippen LogP contribution in [-0.2, 0) is 9.53 Å². The van der Waals surface area contributed by atoms with Gasteiger partial charge in [0, 0.05) is 22.4 Å². The van der Waals surface area contributed by atoms with Crippen LogP contribution in [0, 0.1) is 6.92 Å². The number of benzene rings is 1. The standard InChI is InChI=1S/C19H23ClN4O3/c1-12-14(20)7-4-9-16(12)24-17-13(6-5-11-23-17)18(25)27-19(26)15(22)8-2-3-10-21/h4-7,9,11,15H,2-3,8,10,21-22H2,1H3,(H,23,24)/i2D2,3D2. The maximum atomic E-state index is 12.5. The van der Waals surface area contributed by atoms with Crippen molar-refractivity contribution in [3.63, 3.8) is 0 Å². The van der Waals surface area contributed by atoms with E-state index in [1.165, 1.54) is 18.3 Å². The van der Waals surface area contributed by atoms with Crippen LogP contribution < -0.4 is 16.8 Å². The fourth-order valence-corrected chi connectivity index (χ4v) is 2.27. The van der Waals surface area contributed by atoms with Gasteiger partial charge in [0.1, 0.15) is 17.4 Å². The Morgan fingerprint density at radius 1 is 1.33 bits per heavy atom. The number of carbonyl (C=O) groups excluding carboxylic acids is 2. The Balaban J connectivity index is 2.15. The molecule has 0 radical (unpaired) electrons. The van der Waals surface area contributed by atoms with Gasteiger partial charge in [0.2, 0.25) is 0 Å². The van der Waals surface area contributed by atoms with Gasteiger partial charge in [-0.25, -0.2) is 14.6 Å². The first-order valence-corrected chi connectivity index (χ1v) is 8.46. The molecule has 1 aromatic heterocycles. The Hall–Kier alpha value is -2.48. The highest BCUT2D eigenvalue weighted by atomic mass is 35.5. The average molecular weight is 395 g/mol. The maximum absolute atomic E-state index is 12.5. The summed E-state index contributed by atoms with van der Waals surface area (Å²) >= 11 is 6.11. The molecule has 0 saturated heterocycles. The number of halogens is 1. The van der Waals surface area contributed by atoms with Gasteiger partial charge in [0.25, 0.3) is 0 Å². The Morgan fingerprint density at radius 3 is 2.85 bits per heavy atom.